The lowest BCUT2D eigenvalue weighted by Gasteiger charge is -2.05. The molecule has 1 aromatic carbocycles. The Morgan fingerprint density at radius 2 is 2.05 bits per heavy atom. The average Bonchev–Trinajstić information content (AvgIpc) is 2.79. The van der Waals surface area contributed by atoms with Crippen LogP contribution in [-0.2, 0) is 0 Å². The predicted molar refractivity (Wildman–Crippen MR) is 70.9 cm³/mol. The molecule has 0 aliphatic heterocycles. The van der Waals surface area contributed by atoms with Crippen LogP contribution in [0.1, 0.15) is 17.5 Å². The molecule has 100 valence electrons. The molecule has 19 heavy (non-hydrogen) atoms. The van der Waals surface area contributed by atoms with Crippen molar-refractivity contribution < 1.29 is 14.0 Å². The molecule has 7 heteroatoms. The van der Waals surface area contributed by atoms with Crippen LogP contribution in [0.4, 0.5) is 4.79 Å². The normalized spacial score (nSPS) is 10.2. The number of urea groups is 1. The Balaban J connectivity index is 2.07. The summed E-state index contributed by atoms with van der Waals surface area (Å²) in [7, 11) is 0. The second kappa shape index (κ2) is 5.62. The molecule has 1 aromatic heterocycles. The van der Waals surface area contributed by atoms with Gasteiger partial charge in [0.15, 0.2) is 5.76 Å². The molecular weight excluding hydrogens is 270 g/mol. The minimum atomic E-state index is -0.543. The lowest BCUT2D eigenvalue weighted by atomic mass is 10.2. The van der Waals surface area contributed by atoms with Crippen LogP contribution in [0.25, 0.3) is 11.0 Å². The first-order chi connectivity index (χ1) is 9.10. The van der Waals surface area contributed by atoms with Crippen molar-refractivity contribution in [2.45, 2.75) is 6.92 Å². The molecule has 3 amide bonds. The first-order valence-electron chi connectivity index (χ1n) is 5.63. The summed E-state index contributed by atoms with van der Waals surface area (Å²) in [5.74, 6) is -0.451. The summed E-state index contributed by atoms with van der Waals surface area (Å²) in [6.07, 6.45) is 0. The lowest BCUT2D eigenvalue weighted by Crippen LogP contribution is -2.46. The van der Waals surface area contributed by atoms with E-state index in [1.54, 1.807) is 31.2 Å². The molecule has 1 heterocycles. The number of benzene rings is 1. The summed E-state index contributed by atoms with van der Waals surface area (Å²) in [4.78, 5) is 22.8. The van der Waals surface area contributed by atoms with Crippen LogP contribution < -0.4 is 16.2 Å². The number of carbonyl (C=O) groups is 2. The fraction of sp³-hybridized carbons (Fsp3) is 0.167. The Morgan fingerprint density at radius 3 is 2.79 bits per heavy atom. The number of rotatable bonds is 2. The molecule has 0 atom stereocenters. The van der Waals surface area contributed by atoms with Crippen LogP contribution in [0.2, 0.25) is 5.02 Å². The number of furan rings is 1. The van der Waals surface area contributed by atoms with E-state index in [0.29, 0.717) is 17.2 Å². The molecule has 2 aromatic rings. The van der Waals surface area contributed by atoms with E-state index < -0.39 is 11.9 Å². The number of halogens is 1. The van der Waals surface area contributed by atoms with Crippen molar-refractivity contribution in [3.63, 3.8) is 0 Å². The Morgan fingerprint density at radius 1 is 1.26 bits per heavy atom. The third kappa shape index (κ3) is 3.17. The first kappa shape index (κ1) is 13.2. The highest BCUT2D eigenvalue weighted by Crippen LogP contribution is 2.22. The van der Waals surface area contributed by atoms with Crippen LogP contribution >= 0.6 is 11.6 Å². The summed E-state index contributed by atoms with van der Waals surface area (Å²) >= 11 is 5.84. The van der Waals surface area contributed by atoms with Gasteiger partial charge in [0.25, 0.3) is 0 Å². The molecule has 0 aliphatic rings. The summed E-state index contributed by atoms with van der Waals surface area (Å²) in [5, 5.41) is 3.75. The summed E-state index contributed by atoms with van der Waals surface area (Å²) in [5.41, 5.74) is 4.98. The fourth-order valence-corrected chi connectivity index (χ4v) is 1.69. The maximum atomic E-state index is 11.7. The highest BCUT2D eigenvalue weighted by molar-refractivity contribution is 6.31. The van der Waals surface area contributed by atoms with E-state index >= 15 is 0 Å². The SMILES string of the molecule is CCNC(=O)NNC(=O)c1cc2cc(Cl)ccc2o1. The molecule has 0 radical (unpaired) electrons. The van der Waals surface area contributed by atoms with E-state index in [4.69, 9.17) is 16.0 Å². The maximum Gasteiger partial charge on any atom is 0.333 e. The van der Waals surface area contributed by atoms with E-state index in [1.807, 2.05) is 0 Å². The highest BCUT2D eigenvalue weighted by Gasteiger charge is 2.12. The third-order valence-electron chi connectivity index (χ3n) is 2.33. The van der Waals surface area contributed by atoms with Crippen molar-refractivity contribution >= 4 is 34.5 Å². The zero-order valence-corrected chi connectivity index (χ0v) is 10.9. The van der Waals surface area contributed by atoms with Crippen molar-refractivity contribution in [3.8, 4) is 0 Å². The number of carbonyl (C=O) groups excluding carboxylic acids is 2. The van der Waals surface area contributed by atoms with Crippen molar-refractivity contribution in [2.75, 3.05) is 6.54 Å². The number of fused-ring (bicyclic) bond motifs is 1. The number of nitrogens with one attached hydrogen (secondary N) is 3. The molecule has 0 fully saturated rings. The van der Waals surface area contributed by atoms with Gasteiger partial charge in [-0.3, -0.25) is 10.2 Å². The molecule has 6 nitrogen and oxygen atoms in total. The number of hydrogen-bond donors (Lipinski definition) is 3. The molecule has 0 spiro atoms. The second-order valence-corrected chi connectivity index (χ2v) is 4.17. The van der Waals surface area contributed by atoms with Gasteiger partial charge in [-0.15, -0.1) is 0 Å². The van der Waals surface area contributed by atoms with Gasteiger partial charge in [0, 0.05) is 17.0 Å². The minimum absolute atomic E-state index is 0.0917. The van der Waals surface area contributed by atoms with Gasteiger partial charge in [0.05, 0.1) is 0 Å². The number of hydrogen-bond acceptors (Lipinski definition) is 3. The summed E-state index contributed by atoms with van der Waals surface area (Å²) < 4.78 is 5.33. The maximum absolute atomic E-state index is 11.7. The average molecular weight is 282 g/mol. The van der Waals surface area contributed by atoms with Crippen molar-refractivity contribution in [1.29, 1.82) is 0 Å². The number of hydrazine groups is 1. The Kier molecular flexibility index (Phi) is 3.91. The standard InChI is InChI=1S/C12H12ClN3O3/c1-2-14-12(18)16-15-11(17)10-6-7-5-8(13)3-4-9(7)19-10/h3-6H,2H2,1H3,(H,15,17)(H2,14,16,18). The monoisotopic (exact) mass is 281 g/mol. The largest absolute Gasteiger partial charge is 0.451 e. The summed E-state index contributed by atoms with van der Waals surface area (Å²) in [6, 6.07) is 6.09. The minimum Gasteiger partial charge on any atom is -0.451 e. The van der Waals surface area contributed by atoms with Crippen LogP contribution in [0, 0.1) is 0 Å². The van der Waals surface area contributed by atoms with Gasteiger partial charge in [-0.25, -0.2) is 10.2 Å². The van der Waals surface area contributed by atoms with Gasteiger partial charge in [0.1, 0.15) is 5.58 Å². The highest BCUT2D eigenvalue weighted by atomic mass is 35.5. The summed E-state index contributed by atoms with van der Waals surface area (Å²) in [6.45, 7) is 2.23. The van der Waals surface area contributed by atoms with Crippen LogP contribution in [0.3, 0.4) is 0 Å². The topological polar surface area (TPSA) is 83.4 Å². The smallest absolute Gasteiger partial charge is 0.333 e. The van der Waals surface area contributed by atoms with Crippen molar-refractivity contribution in [3.05, 3.63) is 35.0 Å². The molecule has 0 aliphatic carbocycles. The van der Waals surface area contributed by atoms with Crippen LogP contribution in [-0.4, -0.2) is 18.5 Å². The van der Waals surface area contributed by atoms with Gasteiger partial charge < -0.3 is 9.73 Å². The Bertz CT molecular complexity index is 624. The van der Waals surface area contributed by atoms with Gasteiger partial charge in [0.2, 0.25) is 0 Å². The van der Waals surface area contributed by atoms with Crippen molar-refractivity contribution in [2.24, 2.45) is 0 Å². The third-order valence-corrected chi connectivity index (χ3v) is 2.56. The quantitative estimate of drug-likeness (QED) is 0.737. The molecule has 0 bridgehead atoms. The van der Waals surface area contributed by atoms with E-state index in [9.17, 15) is 9.59 Å². The first-order valence-corrected chi connectivity index (χ1v) is 6.01. The molecular formula is C12H12ClN3O3. The second-order valence-electron chi connectivity index (χ2n) is 3.73. The Hall–Kier alpha value is -2.21. The van der Waals surface area contributed by atoms with Gasteiger partial charge in [-0.2, -0.15) is 0 Å². The molecule has 3 N–H and O–H groups in total. The van der Waals surface area contributed by atoms with Gasteiger partial charge in [-0.1, -0.05) is 11.6 Å². The zero-order valence-electron chi connectivity index (χ0n) is 10.1. The fourth-order valence-electron chi connectivity index (χ4n) is 1.51. The van der Waals surface area contributed by atoms with Crippen molar-refractivity contribution in [1.82, 2.24) is 16.2 Å². The predicted octanol–water partition coefficient (Wildman–Crippen LogP) is 2.05. The number of amides is 3. The molecule has 0 saturated heterocycles. The zero-order chi connectivity index (χ0) is 13.8. The van der Waals surface area contributed by atoms with E-state index in [1.165, 1.54) is 0 Å². The van der Waals surface area contributed by atoms with Crippen LogP contribution in [0.5, 0.6) is 0 Å². The lowest BCUT2D eigenvalue weighted by molar-refractivity contribution is 0.0910. The molecule has 0 unspecified atom stereocenters. The van der Waals surface area contributed by atoms with E-state index in [0.717, 1.165) is 5.39 Å². The Labute approximate surface area is 114 Å². The molecule has 0 saturated carbocycles. The van der Waals surface area contributed by atoms with Crippen LogP contribution in [0.15, 0.2) is 28.7 Å². The molecule has 2 rings (SSSR count). The van der Waals surface area contributed by atoms with E-state index in [-0.39, 0.29) is 5.76 Å². The van der Waals surface area contributed by atoms with E-state index in [2.05, 4.69) is 16.2 Å². The van der Waals surface area contributed by atoms with Gasteiger partial charge >= 0.3 is 11.9 Å². The van der Waals surface area contributed by atoms with Gasteiger partial charge in [-0.05, 0) is 31.2 Å².